The molecule has 1 amide bonds. The van der Waals surface area contributed by atoms with Gasteiger partial charge in [-0.1, -0.05) is 0 Å². The fourth-order valence-electron chi connectivity index (χ4n) is 4.24. The second-order valence-electron chi connectivity index (χ2n) is 8.09. The Morgan fingerprint density at radius 3 is 2.69 bits per heavy atom. The molecule has 8 nitrogen and oxygen atoms in total. The predicted octanol–water partition coefficient (Wildman–Crippen LogP) is 2.72. The molecule has 3 aromatic heterocycles. The number of imidazole rings is 1. The fourth-order valence-corrected chi connectivity index (χ4v) is 4.24. The van der Waals surface area contributed by atoms with E-state index < -0.39 is 0 Å². The molecule has 0 bridgehead atoms. The summed E-state index contributed by atoms with van der Waals surface area (Å²) < 4.78 is 3.97. The highest BCUT2D eigenvalue weighted by Gasteiger charge is 2.29. The lowest BCUT2D eigenvalue weighted by molar-refractivity contribution is -0.132. The number of rotatable bonds is 5. The van der Waals surface area contributed by atoms with E-state index >= 15 is 0 Å². The molecule has 0 fully saturated rings. The van der Waals surface area contributed by atoms with Crippen LogP contribution in [0.25, 0.3) is 11.5 Å². The summed E-state index contributed by atoms with van der Waals surface area (Å²) in [4.78, 5) is 22.5. The highest BCUT2D eigenvalue weighted by molar-refractivity contribution is 5.77. The van der Waals surface area contributed by atoms with Crippen molar-refractivity contribution in [1.29, 1.82) is 0 Å². The zero-order chi connectivity index (χ0) is 20.7. The highest BCUT2D eigenvalue weighted by Crippen LogP contribution is 2.30. The molecule has 0 saturated heterocycles. The summed E-state index contributed by atoms with van der Waals surface area (Å²) in [6.07, 6.45) is 5.58. The molecule has 0 saturated carbocycles. The number of aromatic amines is 1. The lowest BCUT2D eigenvalue weighted by Gasteiger charge is -2.28. The van der Waals surface area contributed by atoms with Gasteiger partial charge in [0, 0.05) is 68.4 Å². The number of aromatic nitrogens is 6. The molecule has 0 radical (unpaired) electrons. The molecule has 0 atom stereocenters. The van der Waals surface area contributed by atoms with Gasteiger partial charge in [0.15, 0.2) is 5.82 Å². The first-order valence-corrected chi connectivity index (χ1v) is 10.2. The smallest absolute Gasteiger partial charge is 0.223 e. The van der Waals surface area contributed by atoms with Gasteiger partial charge in [0.2, 0.25) is 5.91 Å². The van der Waals surface area contributed by atoms with Crippen LogP contribution in [0.5, 0.6) is 0 Å². The summed E-state index contributed by atoms with van der Waals surface area (Å²) >= 11 is 0. The van der Waals surface area contributed by atoms with Crippen LogP contribution in [-0.4, -0.2) is 46.9 Å². The van der Waals surface area contributed by atoms with Crippen molar-refractivity contribution in [2.24, 2.45) is 7.05 Å². The number of H-pyrrole nitrogens is 1. The molecule has 0 spiro atoms. The molecule has 1 N–H and O–H groups in total. The molecule has 0 aromatic carbocycles. The van der Waals surface area contributed by atoms with Gasteiger partial charge >= 0.3 is 0 Å². The largest absolute Gasteiger partial charge is 0.343 e. The first kappa shape index (κ1) is 19.4. The maximum atomic E-state index is 13.0. The number of amides is 1. The van der Waals surface area contributed by atoms with Gasteiger partial charge in [-0.15, -0.1) is 0 Å². The van der Waals surface area contributed by atoms with Crippen molar-refractivity contribution in [3.63, 3.8) is 0 Å². The second kappa shape index (κ2) is 7.50. The summed E-state index contributed by atoms with van der Waals surface area (Å²) in [6.45, 7) is 9.65. The Morgan fingerprint density at radius 2 is 2.07 bits per heavy atom. The molecule has 4 rings (SSSR count). The standard InChI is InChI=1S/C21H29N7O/c1-13(2)28-18-8-11-27(12-17(18)20(25-28)21-22-9-10-23-21)19(29)7-6-16-14(3)24-26(5)15(16)4/h9-10,13H,6-8,11-12H2,1-5H3,(H,22,23). The molecular formula is C21H29N7O. The van der Waals surface area contributed by atoms with Crippen LogP contribution < -0.4 is 0 Å². The van der Waals surface area contributed by atoms with E-state index in [1.807, 2.05) is 23.6 Å². The van der Waals surface area contributed by atoms with E-state index in [2.05, 4.69) is 40.5 Å². The topological polar surface area (TPSA) is 84.6 Å². The summed E-state index contributed by atoms with van der Waals surface area (Å²) in [5.74, 6) is 0.942. The van der Waals surface area contributed by atoms with Gasteiger partial charge in [-0.2, -0.15) is 10.2 Å². The number of fused-ring (bicyclic) bond motifs is 1. The minimum atomic E-state index is 0.181. The van der Waals surface area contributed by atoms with E-state index in [4.69, 9.17) is 5.10 Å². The Morgan fingerprint density at radius 1 is 1.28 bits per heavy atom. The number of hydrogen-bond donors (Lipinski definition) is 1. The van der Waals surface area contributed by atoms with Crippen LogP contribution in [-0.2, 0) is 31.2 Å². The van der Waals surface area contributed by atoms with Crippen LogP contribution in [0, 0.1) is 13.8 Å². The molecule has 1 aliphatic heterocycles. The fraction of sp³-hybridized carbons (Fsp3) is 0.524. The number of nitrogens with one attached hydrogen (secondary N) is 1. The van der Waals surface area contributed by atoms with Crippen LogP contribution in [0.1, 0.15) is 54.5 Å². The molecule has 4 heterocycles. The molecule has 3 aromatic rings. The molecule has 0 aliphatic carbocycles. The average Bonchev–Trinajstić information content (AvgIpc) is 3.39. The lowest BCUT2D eigenvalue weighted by Crippen LogP contribution is -2.36. The van der Waals surface area contributed by atoms with Gasteiger partial charge in [0.25, 0.3) is 0 Å². The van der Waals surface area contributed by atoms with E-state index in [-0.39, 0.29) is 11.9 Å². The molecule has 8 heteroatoms. The van der Waals surface area contributed by atoms with Crippen molar-refractivity contribution in [3.8, 4) is 11.5 Å². The average molecular weight is 396 g/mol. The van der Waals surface area contributed by atoms with Crippen LogP contribution in [0.3, 0.4) is 0 Å². The van der Waals surface area contributed by atoms with Gasteiger partial charge in [0.1, 0.15) is 5.69 Å². The van der Waals surface area contributed by atoms with Crippen molar-refractivity contribution in [3.05, 3.63) is 40.6 Å². The van der Waals surface area contributed by atoms with E-state index in [9.17, 15) is 4.79 Å². The maximum absolute atomic E-state index is 13.0. The molecule has 0 unspecified atom stereocenters. The van der Waals surface area contributed by atoms with Crippen LogP contribution in [0.15, 0.2) is 12.4 Å². The normalized spacial score (nSPS) is 13.9. The highest BCUT2D eigenvalue weighted by atomic mass is 16.2. The molecule has 154 valence electrons. The van der Waals surface area contributed by atoms with Gasteiger partial charge < -0.3 is 9.88 Å². The Hall–Kier alpha value is -2.90. The quantitative estimate of drug-likeness (QED) is 0.720. The Bertz CT molecular complexity index is 1030. The van der Waals surface area contributed by atoms with Crippen LogP contribution in [0.4, 0.5) is 0 Å². The molecule has 1 aliphatic rings. The molecular weight excluding hydrogens is 366 g/mol. The van der Waals surface area contributed by atoms with E-state index in [1.54, 1.807) is 12.4 Å². The van der Waals surface area contributed by atoms with Crippen molar-refractivity contribution < 1.29 is 4.79 Å². The number of aryl methyl sites for hydroxylation is 2. The zero-order valence-electron chi connectivity index (χ0n) is 17.9. The first-order valence-electron chi connectivity index (χ1n) is 10.2. The van der Waals surface area contributed by atoms with E-state index in [1.165, 1.54) is 11.3 Å². The summed E-state index contributed by atoms with van der Waals surface area (Å²) in [6, 6.07) is 0.270. The lowest BCUT2D eigenvalue weighted by atomic mass is 10.0. The van der Waals surface area contributed by atoms with Gasteiger partial charge in [-0.3, -0.25) is 14.2 Å². The maximum Gasteiger partial charge on any atom is 0.223 e. The SMILES string of the molecule is Cc1nn(C)c(C)c1CCC(=O)N1CCc2c(c(-c3ncc[nH]3)nn2C(C)C)C1. The number of carbonyl (C=O) groups is 1. The van der Waals surface area contributed by atoms with E-state index in [0.717, 1.165) is 47.9 Å². The van der Waals surface area contributed by atoms with Crippen molar-refractivity contribution >= 4 is 5.91 Å². The minimum Gasteiger partial charge on any atom is -0.343 e. The van der Waals surface area contributed by atoms with Crippen molar-refractivity contribution in [2.75, 3.05) is 6.54 Å². The molecule has 29 heavy (non-hydrogen) atoms. The summed E-state index contributed by atoms with van der Waals surface area (Å²) in [7, 11) is 1.95. The zero-order valence-corrected chi connectivity index (χ0v) is 17.9. The monoisotopic (exact) mass is 395 g/mol. The minimum absolute atomic E-state index is 0.181. The number of hydrogen-bond acceptors (Lipinski definition) is 4. The van der Waals surface area contributed by atoms with E-state index in [0.29, 0.717) is 13.0 Å². The third kappa shape index (κ3) is 3.47. The third-order valence-electron chi connectivity index (χ3n) is 5.90. The Labute approximate surface area is 170 Å². The number of nitrogens with zero attached hydrogens (tertiary/aromatic N) is 6. The first-order chi connectivity index (χ1) is 13.9. The summed E-state index contributed by atoms with van der Waals surface area (Å²) in [5.41, 5.74) is 6.51. The van der Waals surface area contributed by atoms with Gasteiger partial charge in [0.05, 0.1) is 5.69 Å². The van der Waals surface area contributed by atoms with Crippen molar-refractivity contribution in [1.82, 2.24) is 34.4 Å². The Balaban J connectivity index is 1.54. The summed E-state index contributed by atoms with van der Waals surface area (Å²) in [5, 5.41) is 9.28. The van der Waals surface area contributed by atoms with Crippen LogP contribution >= 0.6 is 0 Å². The van der Waals surface area contributed by atoms with Gasteiger partial charge in [-0.05, 0) is 39.7 Å². The Kier molecular flexibility index (Phi) is 5.02. The van der Waals surface area contributed by atoms with Crippen molar-refractivity contribution in [2.45, 2.75) is 59.5 Å². The predicted molar refractivity (Wildman–Crippen MR) is 110 cm³/mol. The second-order valence-corrected chi connectivity index (χ2v) is 8.09. The third-order valence-corrected chi connectivity index (χ3v) is 5.90. The number of carbonyl (C=O) groups excluding carboxylic acids is 1. The van der Waals surface area contributed by atoms with Gasteiger partial charge in [-0.25, -0.2) is 4.98 Å². The van der Waals surface area contributed by atoms with Crippen LogP contribution in [0.2, 0.25) is 0 Å².